The first-order valence-electron chi connectivity index (χ1n) is 11.6. The van der Waals surface area contributed by atoms with Gasteiger partial charge in [-0.3, -0.25) is 9.69 Å². The summed E-state index contributed by atoms with van der Waals surface area (Å²) in [4.78, 5) is 19.8. The molecule has 6 heteroatoms. The van der Waals surface area contributed by atoms with Gasteiger partial charge in [-0.2, -0.15) is 0 Å². The van der Waals surface area contributed by atoms with Crippen LogP contribution in [-0.2, 0) is 4.79 Å². The Balaban J connectivity index is 1.47. The van der Waals surface area contributed by atoms with Crippen LogP contribution in [0.25, 0.3) is 0 Å². The average molecular weight is 440 g/mol. The summed E-state index contributed by atoms with van der Waals surface area (Å²) in [5.41, 5.74) is 2.55. The topological polar surface area (TPSA) is 36.0 Å². The first kappa shape index (κ1) is 22.6. The van der Waals surface area contributed by atoms with Crippen molar-refractivity contribution in [1.82, 2.24) is 4.90 Å². The minimum atomic E-state index is -0.258. The summed E-state index contributed by atoms with van der Waals surface area (Å²) in [6.07, 6.45) is 0.905. The van der Waals surface area contributed by atoms with Gasteiger partial charge in [0.2, 0.25) is 5.91 Å². The van der Waals surface area contributed by atoms with Crippen molar-refractivity contribution in [3.63, 3.8) is 0 Å². The van der Waals surface area contributed by atoms with E-state index in [0.717, 1.165) is 30.9 Å². The fourth-order valence-corrected chi connectivity index (χ4v) is 5.25. The molecule has 4 rings (SSSR count). The minimum Gasteiger partial charge on any atom is -0.494 e. The molecule has 172 valence electrons. The zero-order chi connectivity index (χ0) is 22.9. The Kier molecular flexibility index (Phi) is 6.42. The van der Waals surface area contributed by atoms with Crippen LogP contribution in [0.5, 0.6) is 5.75 Å². The third-order valence-corrected chi connectivity index (χ3v) is 6.67. The summed E-state index contributed by atoms with van der Waals surface area (Å²) in [5, 5.41) is 0. The monoisotopic (exact) mass is 439 g/mol. The van der Waals surface area contributed by atoms with Gasteiger partial charge in [-0.25, -0.2) is 4.39 Å². The highest BCUT2D eigenvalue weighted by Crippen LogP contribution is 2.44. The number of fused-ring (bicyclic) bond motifs is 1. The lowest BCUT2D eigenvalue weighted by Gasteiger charge is -2.47. The first-order valence-corrected chi connectivity index (χ1v) is 11.6. The van der Waals surface area contributed by atoms with Crippen molar-refractivity contribution < 1.29 is 13.9 Å². The molecule has 1 atom stereocenters. The number of hydrogen-bond acceptors (Lipinski definition) is 4. The molecule has 0 bridgehead atoms. The fourth-order valence-electron chi connectivity index (χ4n) is 5.25. The van der Waals surface area contributed by atoms with E-state index in [-0.39, 0.29) is 17.3 Å². The van der Waals surface area contributed by atoms with E-state index in [1.165, 1.54) is 11.6 Å². The molecule has 0 saturated carbocycles. The molecule has 0 unspecified atom stereocenters. The van der Waals surface area contributed by atoms with Crippen molar-refractivity contribution >= 4 is 17.3 Å². The van der Waals surface area contributed by atoms with E-state index in [0.29, 0.717) is 37.8 Å². The molecule has 2 heterocycles. The second kappa shape index (κ2) is 9.10. The second-order valence-corrected chi connectivity index (χ2v) is 9.51. The van der Waals surface area contributed by atoms with Crippen LogP contribution in [-0.4, -0.2) is 55.7 Å². The number of nitrogens with zero attached hydrogens (tertiary/aromatic N) is 3. The first-order chi connectivity index (χ1) is 15.3. The van der Waals surface area contributed by atoms with E-state index in [1.54, 1.807) is 6.07 Å². The Hall–Kier alpha value is -2.60. The molecule has 0 N–H and O–H groups in total. The summed E-state index contributed by atoms with van der Waals surface area (Å²) in [7, 11) is 0. The van der Waals surface area contributed by atoms with Crippen LogP contribution in [0.3, 0.4) is 0 Å². The molecule has 5 nitrogen and oxygen atoms in total. The van der Waals surface area contributed by atoms with Gasteiger partial charge >= 0.3 is 0 Å². The van der Waals surface area contributed by atoms with Gasteiger partial charge < -0.3 is 14.5 Å². The third kappa shape index (κ3) is 4.46. The molecule has 32 heavy (non-hydrogen) atoms. The maximum atomic E-state index is 14.1. The number of amides is 1. The van der Waals surface area contributed by atoms with Gasteiger partial charge in [-0.1, -0.05) is 19.1 Å². The Morgan fingerprint density at radius 2 is 1.81 bits per heavy atom. The molecule has 2 aliphatic heterocycles. The largest absolute Gasteiger partial charge is 0.494 e. The van der Waals surface area contributed by atoms with Crippen LogP contribution < -0.4 is 14.5 Å². The molecule has 2 aromatic carbocycles. The number of carbonyl (C=O) groups is 1. The molecule has 0 radical (unpaired) electrons. The number of piperazine rings is 1. The predicted octanol–water partition coefficient (Wildman–Crippen LogP) is 4.67. The highest BCUT2D eigenvalue weighted by atomic mass is 19.1. The maximum Gasteiger partial charge on any atom is 0.241 e. The highest BCUT2D eigenvalue weighted by Gasteiger charge is 2.40. The van der Waals surface area contributed by atoms with Gasteiger partial charge in [-0.15, -0.1) is 0 Å². The molecule has 0 spiro atoms. The van der Waals surface area contributed by atoms with Crippen molar-refractivity contribution in [2.45, 2.75) is 45.6 Å². The van der Waals surface area contributed by atoms with E-state index < -0.39 is 0 Å². The summed E-state index contributed by atoms with van der Waals surface area (Å²) >= 11 is 0. The van der Waals surface area contributed by atoms with Crippen LogP contribution >= 0.6 is 0 Å². The van der Waals surface area contributed by atoms with Gasteiger partial charge in [-0.05, 0) is 69.0 Å². The van der Waals surface area contributed by atoms with Crippen LogP contribution in [0.1, 0.15) is 45.6 Å². The molecule has 2 aromatic rings. The Morgan fingerprint density at radius 3 is 2.50 bits per heavy atom. The van der Waals surface area contributed by atoms with E-state index >= 15 is 0 Å². The van der Waals surface area contributed by atoms with Gasteiger partial charge in [0, 0.05) is 37.4 Å². The molecule has 1 amide bonds. The standard InChI is InChI=1S/C26H34FN3O2/c1-5-32-20-10-11-23-21(16-20)19(2)17-26(3,4)30(23)25(31)18-28-12-14-29(15-13-28)24-9-7-6-8-22(24)27/h6-11,16,19H,5,12-15,17-18H2,1-4H3/t19-/m0/s1. The van der Waals surface area contributed by atoms with Crippen LogP contribution in [0, 0.1) is 5.82 Å². The second-order valence-electron chi connectivity index (χ2n) is 9.51. The lowest BCUT2D eigenvalue weighted by atomic mass is 9.80. The molecule has 0 aliphatic carbocycles. The van der Waals surface area contributed by atoms with Crippen LogP contribution in [0.15, 0.2) is 42.5 Å². The number of carbonyl (C=O) groups excluding carboxylic acids is 1. The maximum absolute atomic E-state index is 14.1. The number of halogens is 1. The zero-order valence-corrected chi connectivity index (χ0v) is 19.6. The van der Waals surface area contributed by atoms with Crippen molar-refractivity contribution in [3.8, 4) is 5.75 Å². The van der Waals surface area contributed by atoms with Crippen molar-refractivity contribution in [2.75, 3.05) is 49.1 Å². The fraction of sp³-hybridized carbons (Fsp3) is 0.500. The summed E-state index contributed by atoms with van der Waals surface area (Å²) in [6.45, 7) is 12.4. The number of para-hydroxylation sites is 1. The van der Waals surface area contributed by atoms with Crippen LogP contribution in [0.4, 0.5) is 15.8 Å². The van der Waals surface area contributed by atoms with Crippen molar-refractivity contribution in [2.24, 2.45) is 0 Å². The normalized spacial score (nSPS) is 20.7. The minimum absolute atomic E-state index is 0.117. The number of anilines is 2. The van der Waals surface area contributed by atoms with E-state index in [9.17, 15) is 9.18 Å². The smallest absolute Gasteiger partial charge is 0.241 e. The number of benzene rings is 2. The average Bonchev–Trinajstić information content (AvgIpc) is 2.75. The SMILES string of the molecule is CCOc1ccc2c(c1)[C@@H](C)CC(C)(C)N2C(=O)CN1CCN(c2ccccc2F)CC1. The zero-order valence-electron chi connectivity index (χ0n) is 19.6. The number of ether oxygens (including phenoxy) is 1. The van der Waals surface area contributed by atoms with Crippen molar-refractivity contribution in [1.29, 1.82) is 0 Å². The third-order valence-electron chi connectivity index (χ3n) is 6.67. The lowest BCUT2D eigenvalue weighted by Crippen LogP contribution is -2.56. The molecular formula is C26H34FN3O2. The number of hydrogen-bond donors (Lipinski definition) is 0. The quantitative estimate of drug-likeness (QED) is 0.679. The summed E-state index contributed by atoms with van der Waals surface area (Å²) in [6, 6.07) is 13.0. The van der Waals surface area contributed by atoms with Gasteiger partial charge in [0.1, 0.15) is 11.6 Å². The van der Waals surface area contributed by atoms with Gasteiger partial charge in [0.05, 0.1) is 18.8 Å². The van der Waals surface area contributed by atoms with Gasteiger partial charge in [0.25, 0.3) is 0 Å². The number of rotatable bonds is 5. The Bertz CT molecular complexity index is 969. The molecule has 1 saturated heterocycles. The summed E-state index contributed by atoms with van der Waals surface area (Å²) < 4.78 is 19.8. The van der Waals surface area contributed by atoms with Crippen LogP contribution in [0.2, 0.25) is 0 Å². The van der Waals surface area contributed by atoms with E-state index in [1.807, 2.05) is 36.1 Å². The van der Waals surface area contributed by atoms with Gasteiger partial charge in [0.15, 0.2) is 0 Å². The molecular weight excluding hydrogens is 405 g/mol. The molecule has 0 aromatic heterocycles. The van der Waals surface area contributed by atoms with E-state index in [4.69, 9.17) is 4.74 Å². The molecule has 2 aliphatic rings. The van der Waals surface area contributed by atoms with E-state index in [2.05, 4.69) is 36.6 Å². The molecule has 1 fully saturated rings. The van der Waals surface area contributed by atoms with Crippen molar-refractivity contribution in [3.05, 3.63) is 53.8 Å². The Labute approximate surface area is 190 Å². The summed E-state index contributed by atoms with van der Waals surface area (Å²) in [5.74, 6) is 1.14. The highest BCUT2D eigenvalue weighted by molar-refractivity contribution is 5.97. The lowest BCUT2D eigenvalue weighted by molar-refractivity contribution is -0.121. The Morgan fingerprint density at radius 1 is 1.09 bits per heavy atom. The predicted molar refractivity (Wildman–Crippen MR) is 127 cm³/mol.